The van der Waals surface area contributed by atoms with Crippen molar-refractivity contribution >= 4 is 55.5 Å². The fraction of sp³-hybridized carbons (Fsp3) is 0.333. The van der Waals surface area contributed by atoms with Crippen LogP contribution in [0.5, 0.6) is 0 Å². The van der Waals surface area contributed by atoms with Crippen LogP contribution < -0.4 is 10.2 Å². The second-order valence-electron chi connectivity index (χ2n) is 13.3. The summed E-state index contributed by atoms with van der Waals surface area (Å²) in [4.78, 5) is 55.9. The highest BCUT2D eigenvalue weighted by Gasteiger charge is 2.58. The number of alkyl carbamates (subject to hydrolysis) is 1. The maximum Gasteiger partial charge on any atom is 0.407 e. The molecule has 0 bridgehead atoms. The smallest absolute Gasteiger partial charge is 0.407 e. The van der Waals surface area contributed by atoms with Gasteiger partial charge >= 0.3 is 12.1 Å². The number of sulfonamides is 1. The summed E-state index contributed by atoms with van der Waals surface area (Å²) in [5.41, 5.74) is 0.922. The number of hydrogen-bond donors (Lipinski definition) is 1. The largest absolute Gasteiger partial charge is 0.458 e. The van der Waals surface area contributed by atoms with Crippen molar-refractivity contribution in [3.63, 3.8) is 0 Å². The van der Waals surface area contributed by atoms with Crippen LogP contribution in [-0.2, 0) is 29.1 Å². The first-order chi connectivity index (χ1) is 23.2. The van der Waals surface area contributed by atoms with Gasteiger partial charge in [-0.1, -0.05) is 52.3 Å². The average Bonchev–Trinajstić information content (AvgIpc) is 3.31. The van der Waals surface area contributed by atoms with Crippen LogP contribution in [0.25, 0.3) is 0 Å². The van der Waals surface area contributed by atoms with Crippen molar-refractivity contribution in [3.8, 4) is 0 Å². The summed E-state index contributed by atoms with van der Waals surface area (Å²) in [6, 6.07) is 22.2. The highest BCUT2D eigenvalue weighted by Crippen LogP contribution is 2.49. The lowest BCUT2D eigenvalue weighted by atomic mass is 9.66. The third kappa shape index (κ3) is 7.06. The molecule has 0 radical (unpaired) electrons. The Bertz CT molecular complexity index is 1910. The first-order valence-corrected chi connectivity index (χ1v) is 18.1. The van der Waals surface area contributed by atoms with E-state index in [9.17, 15) is 27.6 Å². The van der Waals surface area contributed by atoms with Crippen LogP contribution >= 0.6 is 15.9 Å². The number of fused-ring (bicyclic) bond motifs is 3. The van der Waals surface area contributed by atoms with Crippen LogP contribution in [0.4, 0.5) is 10.5 Å². The Morgan fingerprint density at radius 2 is 1.53 bits per heavy atom. The van der Waals surface area contributed by atoms with Crippen molar-refractivity contribution < 1.29 is 37.1 Å². The fourth-order valence-electron chi connectivity index (χ4n) is 6.84. The predicted molar refractivity (Wildman–Crippen MR) is 184 cm³/mol. The Balaban J connectivity index is 1.44. The van der Waals surface area contributed by atoms with Gasteiger partial charge in [-0.15, -0.1) is 0 Å². The van der Waals surface area contributed by atoms with E-state index in [1.807, 2.05) is 0 Å². The van der Waals surface area contributed by atoms with Gasteiger partial charge in [0.15, 0.2) is 0 Å². The van der Waals surface area contributed by atoms with Crippen LogP contribution in [0.15, 0.2) is 105 Å². The lowest BCUT2D eigenvalue weighted by Gasteiger charge is -2.46. The van der Waals surface area contributed by atoms with Crippen LogP contribution in [-0.4, -0.2) is 67.9 Å². The Morgan fingerprint density at radius 1 is 0.898 bits per heavy atom. The number of carbonyl (C=O) groups is 4. The number of amides is 3. The standard InChI is InChI=1S/C36H36BrN3O8S/c1-36(2,3)48-35(44)38-29-20-39(49(45,46)26-16-14-24(37)15-17-26)19-28-23(21-47-34(43)22-10-6-4-7-11-22)18-27-31(30(28)29)33(42)40(32(27)41)25-12-8-5-9-13-25/h4-17,27,29-31H,18-21H2,1-3H3,(H,38,44)/t27-,29+,30-,31-/m1/s1. The SMILES string of the molecule is CC(C)(C)OC(=O)N[C@H]1CN(S(=O)(=O)c2ccc(Br)cc2)CC2=C(COC(=O)c3ccccc3)C[C@H]3C(=O)N(c4ccccc4)C(=O)[C@H]3[C@H]21. The maximum absolute atomic E-state index is 14.3. The zero-order valence-corrected chi connectivity index (χ0v) is 29.6. The highest BCUT2D eigenvalue weighted by molar-refractivity contribution is 9.10. The van der Waals surface area contributed by atoms with Crippen LogP contribution in [0.1, 0.15) is 37.6 Å². The molecule has 4 atom stereocenters. The molecule has 2 aliphatic heterocycles. The fourth-order valence-corrected chi connectivity index (χ4v) is 8.55. The van der Waals surface area contributed by atoms with Crippen LogP contribution in [0.3, 0.4) is 0 Å². The van der Waals surface area contributed by atoms with E-state index >= 15 is 0 Å². The summed E-state index contributed by atoms with van der Waals surface area (Å²) >= 11 is 3.34. The molecule has 3 aromatic carbocycles. The molecule has 2 saturated heterocycles. The van der Waals surface area contributed by atoms with Crippen molar-refractivity contribution in [2.24, 2.45) is 17.8 Å². The van der Waals surface area contributed by atoms with E-state index in [0.29, 0.717) is 26.9 Å². The van der Waals surface area contributed by atoms with Gasteiger partial charge in [-0.05, 0) is 86.9 Å². The Morgan fingerprint density at radius 3 is 2.16 bits per heavy atom. The first kappa shape index (κ1) is 34.5. The molecule has 1 aliphatic carbocycles. The molecule has 0 unspecified atom stereocenters. The van der Waals surface area contributed by atoms with Gasteiger partial charge < -0.3 is 14.8 Å². The van der Waals surface area contributed by atoms with E-state index in [1.165, 1.54) is 21.3 Å². The Labute approximate surface area is 293 Å². The van der Waals surface area contributed by atoms with Crippen molar-refractivity contribution in [3.05, 3.63) is 106 Å². The first-order valence-electron chi connectivity index (χ1n) is 15.9. The molecular weight excluding hydrogens is 714 g/mol. The number of nitrogens with one attached hydrogen (secondary N) is 1. The molecule has 2 fully saturated rings. The van der Waals surface area contributed by atoms with Crippen molar-refractivity contribution in [2.75, 3.05) is 24.6 Å². The number of esters is 1. The molecular formula is C36H36BrN3O8S. The molecule has 256 valence electrons. The number of piperidine rings is 1. The molecule has 49 heavy (non-hydrogen) atoms. The molecule has 3 aromatic rings. The molecule has 0 aromatic heterocycles. The van der Waals surface area contributed by atoms with Crippen molar-refractivity contribution in [1.82, 2.24) is 9.62 Å². The minimum absolute atomic E-state index is 0.0406. The quantitative estimate of drug-likeness (QED) is 0.195. The van der Waals surface area contributed by atoms with Crippen LogP contribution in [0.2, 0.25) is 0 Å². The van der Waals surface area contributed by atoms with Gasteiger partial charge in [0, 0.05) is 23.5 Å². The average molecular weight is 751 g/mol. The van der Waals surface area contributed by atoms with Gasteiger partial charge in [-0.2, -0.15) is 4.31 Å². The Kier molecular flexibility index (Phi) is 9.53. The summed E-state index contributed by atoms with van der Waals surface area (Å²) in [5, 5.41) is 2.85. The van der Waals surface area contributed by atoms with E-state index in [4.69, 9.17) is 9.47 Å². The lowest BCUT2D eigenvalue weighted by molar-refractivity contribution is -0.123. The minimum Gasteiger partial charge on any atom is -0.458 e. The van der Waals surface area contributed by atoms with Gasteiger partial charge in [0.05, 0.1) is 34.0 Å². The normalized spacial score (nSPS) is 22.7. The zero-order valence-electron chi connectivity index (χ0n) is 27.2. The number of benzene rings is 3. The number of hydrogen-bond acceptors (Lipinski definition) is 8. The lowest BCUT2D eigenvalue weighted by Crippen LogP contribution is -2.59. The molecule has 3 amide bonds. The van der Waals surface area contributed by atoms with Crippen molar-refractivity contribution in [1.29, 1.82) is 0 Å². The third-order valence-corrected chi connectivity index (χ3v) is 11.3. The summed E-state index contributed by atoms with van der Waals surface area (Å²) in [7, 11) is -4.11. The highest BCUT2D eigenvalue weighted by atomic mass is 79.9. The predicted octanol–water partition coefficient (Wildman–Crippen LogP) is 5.33. The molecule has 0 saturated carbocycles. The molecule has 2 heterocycles. The monoisotopic (exact) mass is 749 g/mol. The number of rotatable bonds is 7. The number of para-hydroxylation sites is 1. The molecule has 13 heteroatoms. The summed E-state index contributed by atoms with van der Waals surface area (Å²) < 4.78 is 41.5. The van der Waals surface area contributed by atoms with E-state index < -0.39 is 63.3 Å². The number of carbonyl (C=O) groups excluding carboxylic acids is 4. The van der Waals surface area contributed by atoms with Gasteiger partial charge in [-0.3, -0.25) is 14.5 Å². The number of ether oxygens (including phenoxy) is 2. The van der Waals surface area contributed by atoms with E-state index in [2.05, 4.69) is 21.2 Å². The summed E-state index contributed by atoms with van der Waals surface area (Å²) in [5.74, 6) is -3.97. The molecule has 0 spiro atoms. The summed E-state index contributed by atoms with van der Waals surface area (Å²) in [6.45, 7) is 4.55. The van der Waals surface area contributed by atoms with Crippen LogP contribution in [0, 0.1) is 17.8 Å². The van der Waals surface area contributed by atoms with E-state index in [-0.39, 0.29) is 31.0 Å². The topological polar surface area (TPSA) is 139 Å². The second-order valence-corrected chi connectivity index (χ2v) is 16.1. The summed E-state index contributed by atoms with van der Waals surface area (Å²) in [6.07, 6.45) is -0.728. The van der Waals surface area contributed by atoms with E-state index in [0.717, 1.165) is 0 Å². The van der Waals surface area contributed by atoms with E-state index in [1.54, 1.807) is 93.6 Å². The molecule has 6 rings (SSSR count). The van der Waals surface area contributed by atoms with Gasteiger partial charge in [0.2, 0.25) is 21.8 Å². The van der Waals surface area contributed by atoms with Crippen molar-refractivity contribution in [2.45, 2.75) is 43.7 Å². The molecule has 1 N–H and O–H groups in total. The second kappa shape index (κ2) is 13.5. The van der Waals surface area contributed by atoms with Gasteiger partial charge in [0.1, 0.15) is 12.2 Å². The third-order valence-electron chi connectivity index (χ3n) is 8.92. The number of halogens is 1. The molecule has 11 nitrogen and oxygen atoms in total. The Hall–Kier alpha value is -4.33. The number of anilines is 1. The number of nitrogens with zero attached hydrogens (tertiary/aromatic N) is 2. The van der Waals surface area contributed by atoms with Gasteiger partial charge in [0.25, 0.3) is 0 Å². The molecule has 3 aliphatic rings. The minimum atomic E-state index is -4.11. The maximum atomic E-state index is 14.3. The van der Waals surface area contributed by atoms with Gasteiger partial charge in [-0.25, -0.2) is 18.0 Å². The number of imide groups is 1. The zero-order chi connectivity index (χ0) is 35.1.